The summed E-state index contributed by atoms with van der Waals surface area (Å²) in [5.74, 6) is -0.960. The number of ether oxygens (including phenoxy) is 1. The highest BCUT2D eigenvalue weighted by molar-refractivity contribution is 6.35. The van der Waals surface area contributed by atoms with Crippen LogP contribution >= 0.6 is 0 Å². The number of carbonyl (C=O) groups is 3. The standard InChI is InChI=1S/C19H34N4O4/c1-19(2,3)27-18(26)21-11-6-5-10-20-16(24)17(25)23-12-9-14-7-8-15(13-23)22(14)4/h14-15H,5-13H2,1-4H3,(H,20,24)(H,21,26)/t14-,15-/m0/s1. The van der Waals surface area contributed by atoms with E-state index in [9.17, 15) is 14.4 Å². The molecule has 154 valence electrons. The molecule has 0 radical (unpaired) electrons. The Morgan fingerprint density at radius 2 is 1.63 bits per heavy atom. The predicted molar refractivity (Wildman–Crippen MR) is 102 cm³/mol. The maximum atomic E-state index is 12.4. The van der Waals surface area contributed by atoms with Gasteiger partial charge in [0.1, 0.15) is 5.60 Å². The molecule has 2 bridgehead atoms. The van der Waals surface area contributed by atoms with E-state index in [2.05, 4.69) is 22.6 Å². The minimum Gasteiger partial charge on any atom is -0.444 e. The zero-order valence-electron chi connectivity index (χ0n) is 17.0. The summed E-state index contributed by atoms with van der Waals surface area (Å²) in [6, 6.07) is 0.904. The summed E-state index contributed by atoms with van der Waals surface area (Å²) in [4.78, 5) is 40.1. The number of nitrogens with zero attached hydrogens (tertiary/aromatic N) is 2. The van der Waals surface area contributed by atoms with Crippen LogP contribution in [0.15, 0.2) is 0 Å². The average molecular weight is 383 g/mol. The highest BCUT2D eigenvalue weighted by Gasteiger charge is 2.37. The van der Waals surface area contributed by atoms with Gasteiger partial charge in [0, 0.05) is 38.3 Å². The van der Waals surface area contributed by atoms with Crippen molar-refractivity contribution in [1.82, 2.24) is 20.4 Å². The fourth-order valence-corrected chi connectivity index (χ4v) is 3.67. The Bertz CT molecular complexity index is 546. The van der Waals surface area contributed by atoms with Crippen molar-refractivity contribution in [2.75, 3.05) is 33.2 Å². The lowest BCUT2D eigenvalue weighted by atomic mass is 10.1. The van der Waals surface area contributed by atoms with Crippen molar-refractivity contribution in [3.8, 4) is 0 Å². The van der Waals surface area contributed by atoms with Crippen molar-refractivity contribution >= 4 is 17.9 Å². The molecule has 2 atom stereocenters. The van der Waals surface area contributed by atoms with Crippen LogP contribution in [0.5, 0.6) is 0 Å². The molecule has 3 amide bonds. The van der Waals surface area contributed by atoms with Crippen LogP contribution in [0.2, 0.25) is 0 Å². The maximum absolute atomic E-state index is 12.4. The Morgan fingerprint density at radius 3 is 2.30 bits per heavy atom. The smallest absolute Gasteiger partial charge is 0.407 e. The van der Waals surface area contributed by atoms with Crippen LogP contribution < -0.4 is 10.6 Å². The van der Waals surface area contributed by atoms with Gasteiger partial charge in [-0.25, -0.2) is 4.79 Å². The molecule has 2 aliphatic rings. The fourth-order valence-electron chi connectivity index (χ4n) is 3.67. The van der Waals surface area contributed by atoms with Crippen molar-refractivity contribution in [3.63, 3.8) is 0 Å². The number of likely N-dealkylation sites (N-methyl/N-ethyl adjacent to an activating group) is 1. The number of unbranched alkanes of at least 4 members (excludes halogenated alkanes) is 1. The molecular formula is C19H34N4O4. The zero-order valence-corrected chi connectivity index (χ0v) is 17.0. The van der Waals surface area contributed by atoms with E-state index >= 15 is 0 Å². The van der Waals surface area contributed by atoms with Gasteiger partial charge in [0.05, 0.1) is 0 Å². The van der Waals surface area contributed by atoms with Gasteiger partial charge in [0.15, 0.2) is 0 Å². The van der Waals surface area contributed by atoms with Crippen LogP contribution in [-0.2, 0) is 14.3 Å². The number of hydrogen-bond donors (Lipinski definition) is 2. The minimum absolute atomic E-state index is 0.369. The number of amides is 3. The van der Waals surface area contributed by atoms with Gasteiger partial charge in [-0.1, -0.05) is 0 Å². The molecule has 27 heavy (non-hydrogen) atoms. The normalized spacial score (nSPS) is 22.9. The number of likely N-dealkylation sites (tertiary alicyclic amines) is 1. The molecule has 0 aliphatic carbocycles. The molecule has 0 aromatic rings. The Hall–Kier alpha value is -1.83. The quantitative estimate of drug-likeness (QED) is 0.549. The summed E-state index contributed by atoms with van der Waals surface area (Å²) in [5, 5.41) is 5.37. The van der Waals surface area contributed by atoms with Gasteiger partial charge in [0.2, 0.25) is 0 Å². The van der Waals surface area contributed by atoms with E-state index < -0.39 is 23.5 Å². The predicted octanol–water partition coefficient (Wildman–Crippen LogP) is 1.10. The third-order valence-corrected chi connectivity index (χ3v) is 5.19. The monoisotopic (exact) mass is 382 g/mol. The van der Waals surface area contributed by atoms with Gasteiger partial charge in [-0.05, 0) is 59.9 Å². The third-order valence-electron chi connectivity index (χ3n) is 5.19. The van der Waals surface area contributed by atoms with E-state index in [0.717, 1.165) is 12.8 Å². The van der Waals surface area contributed by atoms with Crippen molar-refractivity contribution in [3.05, 3.63) is 0 Å². The van der Waals surface area contributed by atoms with Crippen LogP contribution in [0.25, 0.3) is 0 Å². The number of nitrogens with one attached hydrogen (secondary N) is 2. The van der Waals surface area contributed by atoms with Crippen molar-refractivity contribution in [2.24, 2.45) is 0 Å². The largest absolute Gasteiger partial charge is 0.444 e. The number of fused-ring (bicyclic) bond motifs is 2. The number of alkyl carbamates (subject to hydrolysis) is 1. The first-order valence-corrected chi connectivity index (χ1v) is 9.93. The van der Waals surface area contributed by atoms with Gasteiger partial charge in [-0.2, -0.15) is 0 Å². The second-order valence-corrected chi connectivity index (χ2v) is 8.48. The van der Waals surface area contributed by atoms with Crippen molar-refractivity contribution < 1.29 is 19.1 Å². The lowest BCUT2D eigenvalue weighted by Gasteiger charge is -2.25. The molecule has 0 spiro atoms. The highest BCUT2D eigenvalue weighted by Crippen LogP contribution is 2.28. The Labute approximate surface area is 162 Å². The lowest BCUT2D eigenvalue weighted by molar-refractivity contribution is -0.146. The first-order chi connectivity index (χ1) is 12.7. The van der Waals surface area contributed by atoms with E-state index in [4.69, 9.17) is 4.74 Å². The van der Waals surface area contributed by atoms with Gasteiger partial charge < -0.3 is 20.3 Å². The Kier molecular flexibility index (Phi) is 7.47. The molecule has 2 saturated heterocycles. The molecule has 0 unspecified atom stereocenters. The average Bonchev–Trinajstić information content (AvgIpc) is 2.80. The highest BCUT2D eigenvalue weighted by atomic mass is 16.6. The van der Waals surface area contributed by atoms with E-state index in [0.29, 0.717) is 51.1 Å². The molecule has 2 fully saturated rings. The summed E-state index contributed by atoms with van der Waals surface area (Å²) in [6.45, 7) is 7.61. The molecule has 2 aliphatic heterocycles. The van der Waals surface area contributed by atoms with E-state index in [1.54, 1.807) is 4.90 Å². The van der Waals surface area contributed by atoms with Gasteiger partial charge in [-0.15, -0.1) is 0 Å². The summed E-state index contributed by atoms with van der Waals surface area (Å²) in [6.07, 6.45) is 4.16. The minimum atomic E-state index is -0.532. The molecule has 2 heterocycles. The molecule has 0 aromatic carbocycles. The summed E-state index contributed by atoms with van der Waals surface area (Å²) in [5.41, 5.74) is -0.514. The molecular weight excluding hydrogens is 348 g/mol. The zero-order chi connectivity index (χ0) is 20.0. The molecule has 2 rings (SSSR count). The van der Waals surface area contributed by atoms with E-state index in [1.807, 2.05) is 20.8 Å². The number of rotatable bonds is 5. The van der Waals surface area contributed by atoms with Crippen molar-refractivity contribution in [1.29, 1.82) is 0 Å². The Balaban J connectivity index is 1.60. The SMILES string of the molecule is CN1[C@H]2CC[C@H]1CN(C(=O)C(=O)NCCCCNC(=O)OC(C)(C)C)CC2. The second-order valence-electron chi connectivity index (χ2n) is 8.48. The van der Waals surface area contributed by atoms with E-state index in [-0.39, 0.29) is 0 Å². The number of carbonyl (C=O) groups excluding carboxylic acids is 3. The molecule has 8 nitrogen and oxygen atoms in total. The van der Waals surface area contributed by atoms with Gasteiger partial charge in [0.25, 0.3) is 0 Å². The van der Waals surface area contributed by atoms with Gasteiger partial charge in [-0.3, -0.25) is 14.5 Å². The van der Waals surface area contributed by atoms with Crippen LogP contribution in [0, 0.1) is 0 Å². The van der Waals surface area contributed by atoms with Crippen LogP contribution in [0.1, 0.15) is 52.9 Å². The second kappa shape index (κ2) is 9.39. The summed E-state index contributed by atoms with van der Waals surface area (Å²) >= 11 is 0. The lowest BCUT2D eigenvalue weighted by Crippen LogP contribution is -2.46. The van der Waals surface area contributed by atoms with Crippen molar-refractivity contribution in [2.45, 2.75) is 70.6 Å². The maximum Gasteiger partial charge on any atom is 0.407 e. The summed E-state index contributed by atoms with van der Waals surface area (Å²) in [7, 11) is 2.11. The van der Waals surface area contributed by atoms with E-state index in [1.165, 1.54) is 6.42 Å². The first-order valence-electron chi connectivity index (χ1n) is 9.93. The topological polar surface area (TPSA) is 91.0 Å². The van der Waals surface area contributed by atoms with Gasteiger partial charge >= 0.3 is 17.9 Å². The fraction of sp³-hybridized carbons (Fsp3) is 0.842. The summed E-state index contributed by atoms with van der Waals surface area (Å²) < 4.78 is 5.15. The molecule has 2 N–H and O–H groups in total. The van der Waals surface area contributed by atoms with Crippen LogP contribution in [0.4, 0.5) is 4.79 Å². The molecule has 0 aromatic heterocycles. The van der Waals surface area contributed by atoms with Crippen LogP contribution in [-0.4, -0.2) is 78.6 Å². The molecule has 0 saturated carbocycles. The Morgan fingerprint density at radius 1 is 1.00 bits per heavy atom. The number of hydrogen-bond acceptors (Lipinski definition) is 5. The first kappa shape index (κ1) is 21.5. The van der Waals surface area contributed by atoms with Crippen LogP contribution in [0.3, 0.4) is 0 Å². The molecule has 8 heteroatoms. The third kappa shape index (κ3) is 6.68.